The molecule has 3 heteroatoms. The number of nitrogens with one attached hydrogen (secondary N) is 1. The molecule has 0 aromatic heterocycles. The monoisotopic (exact) mass is 238 g/mol. The van der Waals surface area contributed by atoms with Crippen molar-refractivity contribution in [3.63, 3.8) is 0 Å². The first-order valence-electron chi connectivity index (χ1n) is 7.46. The summed E-state index contributed by atoms with van der Waals surface area (Å²) < 4.78 is 5.80. The summed E-state index contributed by atoms with van der Waals surface area (Å²) in [5.74, 6) is 0.972. The van der Waals surface area contributed by atoms with Gasteiger partial charge in [0.15, 0.2) is 0 Å². The third-order valence-electron chi connectivity index (χ3n) is 4.69. The Kier molecular flexibility index (Phi) is 3.69. The van der Waals surface area contributed by atoms with Crippen LogP contribution < -0.4 is 5.32 Å². The van der Waals surface area contributed by atoms with E-state index in [1.165, 1.54) is 51.7 Å². The molecule has 3 atom stereocenters. The van der Waals surface area contributed by atoms with Gasteiger partial charge in [-0.1, -0.05) is 6.92 Å². The highest BCUT2D eigenvalue weighted by Crippen LogP contribution is 2.34. The van der Waals surface area contributed by atoms with Crippen molar-refractivity contribution in [1.29, 1.82) is 0 Å². The SMILES string of the molecule is CCC1CNC(C2CC2)CN1CC1CCCO1. The first-order chi connectivity index (χ1) is 8.36. The lowest BCUT2D eigenvalue weighted by atomic mass is 10.0. The van der Waals surface area contributed by atoms with Gasteiger partial charge in [0.2, 0.25) is 0 Å². The molecular weight excluding hydrogens is 212 g/mol. The van der Waals surface area contributed by atoms with Crippen molar-refractivity contribution in [1.82, 2.24) is 10.2 Å². The predicted octanol–water partition coefficient (Wildman–Crippen LogP) is 1.63. The molecule has 2 heterocycles. The van der Waals surface area contributed by atoms with Crippen LogP contribution in [0.2, 0.25) is 0 Å². The van der Waals surface area contributed by atoms with Gasteiger partial charge in [-0.15, -0.1) is 0 Å². The summed E-state index contributed by atoms with van der Waals surface area (Å²) in [5, 5.41) is 3.75. The zero-order valence-electron chi connectivity index (χ0n) is 11.0. The van der Waals surface area contributed by atoms with E-state index in [0.717, 1.165) is 24.6 Å². The van der Waals surface area contributed by atoms with Gasteiger partial charge < -0.3 is 10.1 Å². The van der Waals surface area contributed by atoms with Crippen molar-refractivity contribution in [2.75, 3.05) is 26.2 Å². The largest absolute Gasteiger partial charge is 0.377 e. The summed E-state index contributed by atoms with van der Waals surface area (Å²) in [7, 11) is 0. The van der Waals surface area contributed by atoms with E-state index < -0.39 is 0 Å². The summed E-state index contributed by atoms with van der Waals surface area (Å²) >= 11 is 0. The Balaban J connectivity index is 1.56. The van der Waals surface area contributed by atoms with Gasteiger partial charge in [0.1, 0.15) is 0 Å². The van der Waals surface area contributed by atoms with Gasteiger partial charge in [0.05, 0.1) is 6.10 Å². The number of hydrogen-bond donors (Lipinski definition) is 1. The van der Waals surface area contributed by atoms with Gasteiger partial charge in [-0.3, -0.25) is 4.90 Å². The van der Waals surface area contributed by atoms with Gasteiger partial charge >= 0.3 is 0 Å². The second kappa shape index (κ2) is 5.25. The number of hydrogen-bond acceptors (Lipinski definition) is 3. The summed E-state index contributed by atoms with van der Waals surface area (Å²) in [6, 6.07) is 1.49. The van der Waals surface area contributed by atoms with E-state index in [0.29, 0.717) is 6.10 Å². The van der Waals surface area contributed by atoms with E-state index in [9.17, 15) is 0 Å². The van der Waals surface area contributed by atoms with Gasteiger partial charge in [-0.05, 0) is 38.0 Å². The minimum Gasteiger partial charge on any atom is -0.377 e. The maximum absolute atomic E-state index is 5.80. The van der Waals surface area contributed by atoms with Gasteiger partial charge in [-0.2, -0.15) is 0 Å². The lowest BCUT2D eigenvalue weighted by Gasteiger charge is -2.41. The number of rotatable bonds is 4. The molecule has 0 amide bonds. The molecule has 2 saturated heterocycles. The van der Waals surface area contributed by atoms with E-state index in [2.05, 4.69) is 17.1 Å². The van der Waals surface area contributed by atoms with Crippen LogP contribution in [0.3, 0.4) is 0 Å². The maximum Gasteiger partial charge on any atom is 0.0702 e. The molecule has 3 aliphatic rings. The van der Waals surface area contributed by atoms with Crippen LogP contribution in [0.25, 0.3) is 0 Å². The quantitative estimate of drug-likeness (QED) is 0.805. The smallest absolute Gasteiger partial charge is 0.0702 e. The second-order valence-electron chi connectivity index (χ2n) is 6.00. The fraction of sp³-hybridized carbons (Fsp3) is 1.00. The molecule has 3 rings (SSSR count). The summed E-state index contributed by atoms with van der Waals surface area (Å²) in [6.07, 6.45) is 7.21. The van der Waals surface area contributed by atoms with Crippen molar-refractivity contribution in [2.45, 2.75) is 57.2 Å². The molecule has 0 spiro atoms. The molecule has 0 aromatic rings. The van der Waals surface area contributed by atoms with E-state index >= 15 is 0 Å². The standard InChI is InChI=1S/C14H26N2O/c1-2-12-8-15-14(11-5-6-11)10-16(12)9-13-4-3-7-17-13/h11-15H,2-10H2,1H3. The third kappa shape index (κ3) is 2.83. The molecule has 98 valence electrons. The van der Waals surface area contributed by atoms with Crippen LogP contribution in [0, 0.1) is 5.92 Å². The van der Waals surface area contributed by atoms with E-state index in [1.807, 2.05) is 0 Å². The van der Waals surface area contributed by atoms with Crippen LogP contribution in [0.1, 0.15) is 39.0 Å². The molecule has 1 saturated carbocycles. The average molecular weight is 238 g/mol. The van der Waals surface area contributed by atoms with Crippen LogP contribution in [-0.2, 0) is 4.74 Å². The summed E-state index contributed by atoms with van der Waals surface area (Å²) in [5.41, 5.74) is 0. The Morgan fingerprint density at radius 3 is 2.82 bits per heavy atom. The molecule has 2 aliphatic heterocycles. The minimum atomic E-state index is 0.516. The van der Waals surface area contributed by atoms with Crippen molar-refractivity contribution >= 4 is 0 Å². The zero-order chi connectivity index (χ0) is 11.7. The van der Waals surface area contributed by atoms with Gasteiger partial charge in [-0.25, -0.2) is 0 Å². The fourth-order valence-corrected chi connectivity index (χ4v) is 3.37. The Bertz CT molecular complexity index is 247. The van der Waals surface area contributed by atoms with Crippen LogP contribution in [0.15, 0.2) is 0 Å². The Morgan fingerprint density at radius 2 is 2.18 bits per heavy atom. The summed E-state index contributed by atoms with van der Waals surface area (Å²) in [4.78, 5) is 2.70. The Labute approximate surface area is 105 Å². The number of ether oxygens (including phenoxy) is 1. The predicted molar refractivity (Wildman–Crippen MR) is 69.1 cm³/mol. The Hall–Kier alpha value is -0.120. The maximum atomic E-state index is 5.80. The number of nitrogens with zero attached hydrogens (tertiary/aromatic N) is 1. The molecule has 0 bridgehead atoms. The zero-order valence-corrected chi connectivity index (χ0v) is 11.0. The van der Waals surface area contributed by atoms with Gasteiger partial charge in [0.25, 0.3) is 0 Å². The van der Waals surface area contributed by atoms with Crippen LogP contribution in [0.5, 0.6) is 0 Å². The highest BCUT2D eigenvalue weighted by atomic mass is 16.5. The molecule has 1 N–H and O–H groups in total. The van der Waals surface area contributed by atoms with Crippen molar-refractivity contribution in [3.05, 3.63) is 0 Å². The molecule has 17 heavy (non-hydrogen) atoms. The molecule has 3 nitrogen and oxygen atoms in total. The van der Waals surface area contributed by atoms with Crippen LogP contribution >= 0.6 is 0 Å². The van der Waals surface area contributed by atoms with Crippen molar-refractivity contribution in [3.8, 4) is 0 Å². The number of piperazine rings is 1. The summed E-state index contributed by atoms with van der Waals surface area (Å²) in [6.45, 7) is 6.91. The second-order valence-corrected chi connectivity index (χ2v) is 6.00. The lowest BCUT2D eigenvalue weighted by Crippen LogP contribution is -2.58. The molecule has 0 aromatic carbocycles. The first kappa shape index (κ1) is 11.9. The lowest BCUT2D eigenvalue weighted by molar-refractivity contribution is 0.0360. The van der Waals surface area contributed by atoms with Crippen molar-refractivity contribution in [2.24, 2.45) is 5.92 Å². The van der Waals surface area contributed by atoms with Crippen molar-refractivity contribution < 1.29 is 4.74 Å². The van der Waals surface area contributed by atoms with E-state index in [-0.39, 0.29) is 0 Å². The molecule has 0 radical (unpaired) electrons. The minimum absolute atomic E-state index is 0.516. The van der Waals surface area contributed by atoms with E-state index in [1.54, 1.807) is 0 Å². The highest BCUT2D eigenvalue weighted by Gasteiger charge is 2.37. The first-order valence-corrected chi connectivity index (χ1v) is 7.46. The van der Waals surface area contributed by atoms with Crippen LogP contribution in [0.4, 0.5) is 0 Å². The van der Waals surface area contributed by atoms with Crippen LogP contribution in [-0.4, -0.2) is 49.3 Å². The fourth-order valence-electron chi connectivity index (χ4n) is 3.37. The topological polar surface area (TPSA) is 24.5 Å². The molecule has 1 aliphatic carbocycles. The molecule has 3 unspecified atom stereocenters. The highest BCUT2D eigenvalue weighted by molar-refractivity contribution is 4.94. The molecule has 3 fully saturated rings. The normalized spacial score (nSPS) is 39.7. The Morgan fingerprint density at radius 1 is 1.29 bits per heavy atom. The van der Waals surface area contributed by atoms with E-state index in [4.69, 9.17) is 4.74 Å². The molecular formula is C14H26N2O. The van der Waals surface area contributed by atoms with Gasteiger partial charge in [0, 0.05) is 38.3 Å². The third-order valence-corrected chi connectivity index (χ3v) is 4.69. The average Bonchev–Trinajstić information content (AvgIpc) is 3.09.